The van der Waals surface area contributed by atoms with Crippen LogP contribution in [0.3, 0.4) is 0 Å². The van der Waals surface area contributed by atoms with E-state index in [1.54, 1.807) is 0 Å². The first-order valence-corrected chi connectivity index (χ1v) is 3.40. The number of hydrogen-bond donors (Lipinski definition) is 0. The minimum atomic E-state index is -5.16. The van der Waals surface area contributed by atoms with Crippen molar-refractivity contribution in [3.63, 3.8) is 0 Å². The molecule has 12 heavy (non-hydrogen) atoms. The van der Waals surface area contributed by atoms with Crippen molar-refractivity contribution in [2.75, 3.05) is 6.61 Å². The molecule has 0 aromatic heterocycles. The largest absolute Gasteiger partial charge is 0.537 e. The lowest BCUT2D eigenvalue weighted by Crippen LogP contribution is -2.18. The second-order valence-corrected chi connectivity index (χ2v) is 2.22. The molecule has 1 unspecified atom stereocenters. The Kier molecular flexibility index (Phi) is 4.57. The van der Waals surface area contributed by atoms with Gasteiger partial charge < -0.3 is 0 Å². The molecule has 9 heteroatoms. The number of hydrogen-bond acceptors (Lipinski definition) is 3. The molecule has 74 valence electrons. The summed E-state index contributed by atoms with van der Waals surface area (Å²) in [6.07, 6.45) is -8.15. The summed E-state index contributed by atoms with van der Waals surface area (Å²) in [6, 6.07) is 0. The molecule has 0 aliphatic rings. The molecule has 0 aliphatic heterocycles. The van der Waals surface area contributed by atoms with Gasteiger partial charge in [-0.2, -0.15) is 8.39 Å². The topological polar surface area (TPSA) is 35.5 Å². The molecule has 0 heterocycles. The quantitative estimate of drug-likeness (QED) is 0.663. The maximum atomic E-state index is 11.2. The van der Waals surface area contributed by atoms with Crippen LogP contribution in [0.4, 0.5) is 22.0 Å². The van der Waals surface area contributed by atoms with E-state index in [4.69, 9.17) is 0 Å². The highest BCUT2D eigenvalue weighted by molar-refractivity contribution is 7.75. The summed E-state index contributed by atoms with van der Waals surface area (Å²) < 4.78 is 72.0. The highest BCUT2D eigenvalue weighted by Gasteiger charge is 2.33. The van der Waals surface area contributed by atoms with Crippen molar-refractivity contribution in [1.82, 2.24) is 0 Å². The molecular formula is C3H3F5O3S. The van der Waals surface area contributed by atoms with Crippen LogP contribution in [0.15, 0.2) is 0 Å². The molecule has 0 rings (SSSR count). The highest BCUT2D eigenvalue weighted by Crippen LogP contribution is 2.18. The Hall–Kier alpha value is -0.280. The third-order valence-electron chi connectivity index (χ3n) is 0.453. The summed E-state index contributed by atoms with van der Waals surface area (Å²) >= 11 is -3.22. The van der Waals surface area contributed by atoms with E-state index < -0.39 is 30.8 Å². The van der Waals surface area contributed by atoms with Crippen LogP contribution in [0.2, 0.25) is 0 Å². The SMILES string of the molecule is O=S(OCC(F)F)OC(F)(F)F. The molecule has 0 N–H and O–H groups in total. The summed E-state index contributed by atoms with van der Waals surface area (Å²) in [7, 11) is 0. The van der Waals surface area contributed by atoms with Crippen molar-refractivity contribution in [2.24, 2.45) is 0 Å². The zero-order valence-corrected chi connectivity index (χ0v) is 6.12. The molecule has 0 fully saturated rings. The fraction of sp³-hybridized carbons (Fsp3) is 1.00. The molecule has 0 saturated heterocycles. The predicted molar refractivity (Wildman–Crippen MR) is 27.2 cm³/mol. The van der Waals surface area contributed by atoms with Gasteiger partial charge in [-0.1, -0.05) is 0 Å². The van der Waals surface area contributed by atoms with Crippen LogP contribution in [0.5, 0.6) is 0 Å². The van der Waals surface area contributed by atoms with Crippen molar-refractivity contribution in [1.29, 1.82) is 0 Å². The van der Waals surface area contributed by atoms with Gasteiger partial charge in [-0.25, -0.2) is 8.78 Å². The van der Waals surface area contributed by atoms with Gasteiger partial charge in [-0.15, -0.1) is 13.2 Å². The predicted octanol–water partition coefficient (Wildman–Crippen LogP) is 1.38. The van der Waals surface area contributed by atoms with E-state index in [2.05, 4.69) is 8.37 Å². The zero-order chi connectivity index (χ0) is 9.78. The van der Waals surface area contributed by atoms with Crippen molar-refractivity contribution in [3.8, 4) is 0 Å². The highest BCUT2D eigenvalue weighted by atomic mass is 32.2. The lowest BCUT2D eigenvalue weighted by atomic mass is 10.8. The monoisotopic (exact) mass is 214 g/mol. The molecule has 0 aromatic rings. The van der Waals surface area contributed by atoms with Crippen LogP contribution in [0, 0.1) is 0 Å². The van der Waals surface area contributed by atoms with E-state index in [0.29, 0.717) is 0 Å². The van der Waals surface area contributed by atoms with E-state index in [0.717, 1.165) is 0 Å². The molecule has 0 saturated carbocycles. The molecule has 3 nitrogen and oxygen atoms in total. The fourth-order valence-corrected chi connectivity index (χ4v) is 0.625. The summed E-state index contributed by atoms with van der Waals surface area (Å²) in [5.74, 6) is 0. The van der Waals surface area contributed by atoms with Gasteiger partial charge in [0, 0.05) is 0 Å². The first-order chi connectivity index (χ1) is 5.31. The molecular weight excluding hydrogens is 211 g/mol. The van der Waals surface area contributed by atoms with E-state index in [1.165, 1.54) is 0 Å². The maximum absolute atomic E-state index is 11.2. The third-order valence-corrected chi connectivity index (χ3v) is 1.11. The molecule has 0 spiro atoms. The summed E-state index contributed by atoms with van der Waals surface area (Å²) in [6.45, 7) is -1.37. The van der Waals surface area contributed by atoms with Crippen molar-refractivity contribution in [3.05, 3.63) is 0 Å². The Morgan fingerprint density at radius 3 is 2.17 bits per heavy atom. The van der Waals surface area contributed by atoms with Crippen LogP contribution in [-0.4, -0.2) is 23.6 Å². The molecule has 0 aromatic carbocycles. The Bertz CT molecular complexity index is 157. The van der Waals surface area contributed by atoms with Crippen molar-refractivity contribution < 1.29 is 34.5 Å². The smallest absolute Gasteiger partial charge is 0.262 e. The van der Waals surface area contributed by atoms with Gasteiger partial charge in [0.1, 0.15) is 6.61 Å². The number of halogens is 5. The molecule has 0 bridgehead atoms. The second-order valence-electron chi connectivity index (χ2n) is 1.41. The van der Waals surface area contributed by atoms with E-state index in [-0.39, 0.29) is 0 Å². The van der Waals surface area contributed by atoms with E-state index in [1.807, 2.05) is 0 Å². The first kappa shape index (κ1) is 11.7. The van der Waals surface area contributed by atoms with E-state index >= 15 is 0 Å². The Balaban J connectivity index is 3.61. The zero-order valence-electron chi connectivity index (χ0n) is 5.31. The number of rotatable bonds is 4. The lowest BCUT2D eigenvalue weighted by molar-refractivity contribution is -0.273. The van der Waals surface area contributed by atoms with Gasteiger partial charge in [0.2, 0.25) is 0 Å². The Labute approximate surface area is 66.3 Å². The van der Waals surface area contributed by atoms with Crippen LogP contribution in [0.1, 0.15) is 0 Å². The molecule has 0 aliphatic carbocycles. The Morgan fingerprint density at radius 1 is 1.33 bits per heavy atom. The van der Waals surface area contributed by atoms with Gasteiger partial charge in [-0.3, -0.25) is 4.18 Å². The second kappa shape index (κ2) is 4.67. The summed E-state index contributed by atoms with van der Waals surface area (Å²) in [5.41, 5.74) is 0. The Morgan fingerprint density at radius 2 is 1.83 bits per heavy atom. The molecule has 0 radical (unpaired) electrons. The first-order valence-electron chi connectivity index (χ1n) is 2.40. The van der Waals surface area contributed by atoms with Gasteiger partial charge in [0.25, 0.3) is 6.43 Å². The fourth-order valence-electron chi connectivity index (χ4n) is 0.208. The standard InChI is InChI=1S/C3H3F5O3S/c4-2(5)1-10-12(9)11-3(6,7)8/h2H,1H2. The summed E-state index contributed by atoms with van der Waals surface area (Å²) in [5, 5.41) is 0. The third kappa shape index (κ3) is 7.82. The van der Waals surface area contributed by atoms with Gasteiger partial charge in [0.15, 0.2) is 0 Å². The minimum absolute atomic E-state index is 1.37. The summed E-state index contributed by atoms with van der Waals surface area (Å²) in [4.78, 5) is 0. The van der Waals surface area contributed by atoms with Crippen LogP contribution in [0.25, 0.3) is 0 Å². The van der Waals surface area contributed by atoms with E-state index in [9.17, 15) is 26.2 Å². The molecule has 0 amide bonds. The minimum Gasteiger partial charge on any atom is -0.262 e. The van der Waals surface area contributed by atoms with Crippen LogP contribution < -0.4 is 0 Å². The average molecular weight is 214 g/mol. The van der Waals surface area contributed by atoms with Gasteiger partial charge >= 0.3 is 17.7 Å². The molecule has 1 atom stereocenters. The van der Waals surface area contributed by atoms with Gasteiger partial charge in [0.05, 0.1) is 0 Å². The lowest BCUT2D eigenvalue weighted by Gasteiger charge is -2.04. The van der Waals surface area contributed by atoms with Crippen LogP contribution >= 0.6 is 0 Å². The normalized spacial score (nSPS) is 15.2. The average Bonchev–Trinajstić information content (AvgIpc) is 1.79. The maximum Gasteiger partial charge on any atom is 0.537 e. The van der Waals surface area contributed by atoms with Crippen LogP contribution in [-0.2, 0) is 19.7 Å². The number of alkyl halides is 5. The van der Waals surface area contributed by atoms with Crippen molar-refractivity contribution >= 4 is 11.4 Å². The van der Waals surface area contributed by atoms with Crippen molar-refractivity contribution in [2.45, 2.75) is 12.8 Å². The van der Waals surface area contributed by atoms with Gasteiger partial charge in [-0.05, 0) is 0 Å².